The monoisotopic (exact) mass is 603 g/mol. The Kier molecular flexibility index (Phi) is 9.03. The topological polar surface area (TPSA) is 88.4 Å². The number of likely N-dealkylation sites (tertiary alicyclic amines) is 1. The first-order valence-corrected chi connectivity index (χ1v) is 16.0. The molecular weight excluding hydrogens is 567 g/mol. The van der Waals surface area contributed by atoms with Crippen molar-refractivity contribution in [2.45, 2.75) is 76.3 Å². The lowest BCUT2D eigenvalue weighted by Crippen LogP contribution is -2.42. The zero-order chi connectivity index (χ0) is 30.0. The molecule has 8 nitrogen and oxygen atoms in total. The molecule has 2 aromatic carbocycles. The number of carbonyl (C=O) groups is 1. The fourth-order valence-corrected chi connectivity index (χ4v) is 7.67. The number of halogens is 3. The minimum atomic E-state index is -3.69. The summed E-state index contributed by atoms with van der Waals surface area (Å²) in [6.45, 7) is 5.88. The van der Waals surface area contributed by atoms with Crippen LogP contribution in [0.4, 0.5) is 13.2 Å². The van der Waals surface area contributed by atoms with Crippen molar-refractivity contribution in [1.82, 2.24) is 24.2 Å². The molecule has 2 saturated heterocycles. The number of hydrogen-bond acceptors (Lipinski definition) is 5. The van der Waals surface area contributed by atoms with E-state index in [4.69, 9.17) is 0 Å². The van der Waals surface area contributed by atoms with Gasteiger partial charge in [-0.25, -0.2) is 21.6 Å². The standard InChI is InChI=1S/C30H36F3N5O3S/c1-20-8-9-23(42(40,41)38-13-4-3-6-21(38)2)16-24(20)30(39)36-12-5-7-22(10-14-36)11-15-37-19-29(34-35-37)25-17-27(32)28(33)18-26(25)31/h8-9,16-19,21-22H,3-7,10-15H2,1-2H3. The molecule has 5 rings (SSSR count). The minimum absolute atomic E-state index is 0.0667. The van der Waals surface area contributed by atoms with Gasteiger partial charge in [-0.15, -0.1) is 5.10 Å². The van der Waals surface area contributed by atoms with E-state index in [-0.39, 0.29) is 28.1 Å². The van der Waals surface area contributed by atoms with Crippen molar-refractivity contribution in [3.05, 3.63) is 65.1 Å². The maximum absolute atomic E-state index is 14.1. The third-order valence-corrected chi connectivity index (χ3v) is 10.5. The van der Waals surface area contributed by atoms with Gasteiger partial charge in [-0.3, -0.25) is 9.48 Å². The molecule has 1 aromatic heterocycles. The number of aromatic nitrogens is 3. The van der Waals surface area contributed by atoms with Gasteiger partial charge in [0.1, 0.15) is 11.5 Å². The predicted molar refractivity (Wildman–Crippen MR) is 152 cm³/mol. The molecule has 2 atom stereocenters. The molecule has 0 radical (unpaired) electrons. The predicted octanol–water partition coefficient (Wildman–Crippen LogP) is 5.57. The molecular formula is C30H36F3N5O3S. The van der Waals surface area contributed by atoms with E-state index in [9.17, 15) is 26.4 Å². The molecule has 2 fully saturated rings. The van der Waals surface area contributed by atoms with Gasteiger partial charge in [0.15, 0.2) is 11.6 Å². The van der Waals surface area contributed by atoms with Crippen LogP contribution in [0.1, 0.15) is 67.8 Å². The van der Waals surface area contributed by atoms with E-state index in [2.05, 4.69) is 10.3 Å². The van der Waals surface area contributed by atoms with Crippen LogP contribution >= 0.6 is 0 Å². The average Bonchev–Trinajstić information content (AvgIpc) is 3.30. The first-order chi connectivity index (χ1) is 20.0. The lowest BCUT2D eigenvalue weighted by molar-refractivity contribution is 0.0758. The summed E-state index contributed by atoms with van der Waals surface area (Å²) in [7, 11) is -3.69. The van der Waals surface area contributed by atoms with Crippen LogP contribution in [0.3, 0.4) is 0 Å². The molecule has 2 unspecified atom stereocenters. The minimum Gasteiger partial charge on any atom is -0.339 e. The zero-order valence-electron chi connectivity index (χ0n) is 23.9. The third kappa shape index (κ3) is 6.39. The Hall–Kier alpha value is -3.25. The van der Waals surface area contributed by atoms with Crippen LogP contribution in [-0.4, -0.2) is 64.2 Å². The second-order valence-corrected chi connectivity index (χ2v) is 13.3. The second-order valence-electron chi connectivity index (χ2n) is 11.4. The molecule has 3 heterocycles. The molecule has 2 aliphatic rings. The van der Waals surface area contributed by atoms with Gasteiger partial charge in [0.25, 0.3) is 5.91 Å². The molecule has 1 amide bonds. The highest BCUT2D eigenvalue weighted by Gasteiger charge is 2.32. The Morgan fingerprint density at radius 1 is 0.952 bits per heavy atom. The molecule has 3 aromatic rings. The van der Waals surface area contributed by atoms with Gasteiger partial charge in [0.2, 0.25) is 10.0 Å². The SMILES string of the molecule is Cc1ccc(S(=O)(=O)N2CCCCC2C)cc1C(=O)N1CCCC(CCn2cc(-c3cc(F)c(F)cc3F)nn2)CC1. The number of piperidine rings is 1. The summed E-state index contributed by atoms with van der Waals surface area (Å²) >= 11 is 0. The van der Waals surface area contributed by atoms with E-state index >= 15 is 0 Å². The summed E-state index contributed by atoms with van der Waals surface area (Å²) in [6.07, 6.45) is 7.43. The van der Waals surface area contributed by atoms with Gasteiger partial charge >= 0.3 is 0 Å². The number of benzene rings is 2. The maximum Gasteiger partial charge on any atom is 0.254 e. The van der Waals surface area contributed by atoms with E-state index in [0.29, 0.717) is 43.7 Å². The largest absolute Gasteiger partial charge is 0.339 e. The van der Waals surface area contributed by atoms with Crippen LogP contribution in [0.25, 0.3) is 11.3 Å². The first-order valence-electron chi connectivity index (χ1n) is 14.5. The maximum atomic E-state index is 14.1. The van der Waals surface area contributed by atoms with Gasteiger partial charge in [-0.2, -0.15) is 4.31 Å². The van der Waals surface area contributed by atoms with E-state index in [1.165, 1.54) is 12.3 Å². The van der Waals surface area contributed by atoms with Crippen LogP contribution < -0.4 is 0 Å². The average molecular weight is 604 g/mol. The first kappa shape index (κ1) is 30.2. The van der Waals surface area contributed by atoms with Crippen molar-refractivity contribution in [3.8, 4) is 11.3 Å². The quantitative estimate of drug-likeness (QED) is 0.330. The lowest BCUT2D eigenvalue weighted by Gasteiger charge is -2.32. The van der Waals surface area contributed by atoms with Crippen molar-refractivity contribution >= 4 is 15.9 Å². The van der Waals surface area contributed by atoms with Gasteiger partial charge in [0.05, 0.1) is 11.1 Å². The summed E-state index contributed by atoms with van der Waals surface area (Å²) in [5.74, 6) is -3.17. The Morgan fingerprint density at radius 2 is 1.74 bits per heavy atom. The summed E-state index contributed by atoms with van der Waals surface area (Å²) in [4.78, 5) is 15.6. The number of nitrogens with zero attached hydrogens (tertiary/aromatic N) is 5. The van der Waals surface area contributed by atoms with Crippen molar-refractivity contribution in [2.24, 2.45) is 5.92 Å². The Morgan fingerprint density at radius 3 is 2.52 bits per heavy atom. The zero-order valence-corrected chi connectivity index (χ0v) is 24.7. The Labute approximate surface area is 244 Å². The van der Waals surface area contributed by atoms with Crippen LogP contribution in [-0.2, 0) is 16.6 Å². The molecule has 0 N–H and O–H groups in total. The smallest absolute Gasteiger partial charge is 0.254 e. The fourth-order valence-electron chi connectivity index (χ4n) is 5.95. The molecule has 12 heteroatoms. The Bertz CT molecular complexity index is 1560. The number of amides is 1. The van der Waals surface area contributed by atoms with Gasteiger partial charge in [0, 0.05) is 49.4 Å². The van der Waals surface area contributed by atoms with Crippen molar-refractivity contribution in [1.29, 1.82) is 0 Å². The van der Waals surface area contributed by atoms with Crippen LogP contribution in [0.2, 0.25) is 0 Å². The highest BCUT2D eigenvalue weighted by atomic mass is 32.2. The van der Waals surface area contributed by atoms with Crippen molar-refractivity contribution < 1.29 is 26.4 Å². The summed E-state index contributed by atoms with van der Waals surface area (Å²) in [5.41, 5.74) is 1.13. The Balaban J connectivity index is 1.21. The number of carbonyl (C=O) groups excluding carboxylic acids is 1. The highest BCUT2D eigenvalue weighted by Crippen LogP contribution is 2.29. The molecule has 0 aliphatic carbocycles. The van der Waals surface area contributed by atoms with Crippen molar-refractivity contribution in [2.75, 3.05) is 19.6 Å². The van der Waals surface area contributed by atoms with Gasteiger partial charge in [-0.05, 0) is 82.1 Å². The van der Waals surface area contributed by atoms with Gasteiger partial charge in [-0.1, -0.05) is 17.7 Å². The van der Waals surface area contributed by atoms with E-state index in [1.807, 2.05) is 18.7 Å². The van der Waals surface area contributed by atoms with Crippen LogP contribution in [0, 0.1) is 30.3 Å². The lowest BCUT2D eigenvalue weighted by atomic mass is 9.97. The summed E-state index contributed by atoms with van der Waals surface area (Å²) in [5, 5.41) is 7.94. The molecule has 2 aliphatic heterocycles. The normalized spacial score (nSPS) is 20.5. The molecule has 42 heavy (non-hydrogen) atoms. The molecule has 0 saturated carbocycles. The van der Waals surface area contributed by atoms with Crippen LogP contribution in [0.15, 0.2) is 41.4 Å². The molecule has 0 spiro atoms. The fraction of sp³-hybridized carbons (Fsp3) is 0.500. The number of hydrogen-bond donors (Lipinski definition) is 0. The number of rotatable bonds is 7. The number of sulfonamides is 1. The molecule has 226 valence electrons. The number of aryl methyl sites for hydroxylation is 2. The van der Waals surface area contributed by atoms with Gasteiger partial charge < -0.3 is 4.90 Å². The van der Waals surface area contributed by atoms with E-state index in [0.717, 1.165) is 56.6 Å². The summed E-state index contributed by atoms with van der Waals surface area (Å²) < 4.78 is 71.0. The van der Waals surface area contributed by atoms with E-state index < -0.39 is 27.5 Å². The summed E-state index contributed by atoms with van der Waals surface area (Å²) in [6, 6.07) is 6.05. The molecule has 0 bridgehead atoms. The highest BCUT2D eigenvalue weighted by molar-refractivity contribution is 7.89. The van der Waals surface area contributed by atoms with E-state index in [1.54, 1.807) is 21.1 Å². The van der Waals surface area contributed by atoms with Crippen LogP contribution in [0.5, 0.6) is 0 Å². The third-order valence-electron chi connectivity index (χ3n) is 8.51. The van der Waals surface area contributed by atoms with Crippen molar-refractivity contribution in [3.63, 3.8) is 0 Å². The second kappa shape index (κ2) is 12.5.